The summed E-state index contributed by atoms with van der Waals surface area (Å²) >= 11 is 3.18. The van der Waals surface area contributed by atoms with Crippen molar-refractivity contribution in [3.8, 4) is 0 Å². The molecule has 0 aliphatic carbocycles. The molecule has 7 nitrogen and oxygen atoms in total. The van der Waals surface area contributed by atoms with Gasteiger partial charge >= 0.3 is 5.97 Å². The molecule has 0 spiro atoms. The number of nitrogens with one attached hydrogen (secondary N) is 1. The number of hydrogen-bond acceptors (Lipinski definition) is 6. The van der Waals surface area contributed by atoms with Crippen LogP contribution in [0.1, 0.15) is 26.7 Å². The highest BCUT2D eigenvalue weighted by Crippen LogP contribution is 2.19. The Morgan fingerprint density at radius 3 is 2.86 bits per heavy atom. The lowest BCUT2D eigenvalue weighted by Crippen LogP contribution is -2.34. The van der Waals surface area contributed by atoms with Crippen LogP contribution in [0.25, 0.3) is 0 Å². The number of carbonyl (C=O) groups excluding carboxylic acids is 1. The van der Waals surface area contributed by atoms with Gasteiger partial charge < -0.3 is 15.2 Å². The van der Waals surface area contributed by atoms with Crippen LogP contribution in [0.15, 0.2) is 15.5 Å². The van der Waals surface area contributed by atoms with Crippen LogP contribution in [-0.4, -0.2) is 40.1 Å². The van der Waals surface area contributed by atoms with Crippen molar-refractivity contribution >= 4 is 27.6 Å². The van der Waals surface area contributed by atoms with Crippen molar-refractivity contribution in [2.75, 3.05) is 19.0 Å². The van der Waals surface area contributed by atoms with E-state index in [1.54, 1.807) is 6.92 Å². The molecule has 0 aliphatic rings. The standard InChI is InChI=1S/C13H20BrN3O4/c1-4-5-13(2,20)8-15-9-6-16-17(7-10(18)21-3)12(19)11(9)14/h6,15,20H,4-5,7-8H2,1-3H3. The lowest BCUT2D eigenvalue weighted by Gasteiger charge is -2.23. The summed E-state index contributed by atoms with van der Waals surface area (Å²) in [7, 11) is 1.24. The second-order valence-electron chi connectivity index (χ2n) is 5.01. The molecule has 1 unspecified atom stereocenters. The van der Waals surface area contributed by atoms with Gasteiger partial charge in [0.1, 0.15) is 11.0 Å². The third-order valence-electron chi connectivity index (χ3n) is 2.94. The molecule has 1 heterocycles. The lowest BCUT2D eigenvalue weighted by molar-refractivity contribution is -0.141. The molecule has 0 bridgehead atoms. The molecule has 0 saturated heterocycles. The SMILES string of the molecule is CCCC(C)(O)CNc1cnn(CC(=O)OC)c(=O)c1Br. The van der Waals surface area contributed by atoms with E-state index in [4.69, 9.17) is 0 Å². The summed E-state index contributed by atoms with van der Waals surface area (Å²) in [5.74, 6) is -0.553. The molecule has 1 atom stereocenters. The van der Waals surface area contributed by atoms with Crippen LogP contribution < -0.4 is 10.9 Å². The monoisotopic (exact) mass is 361 g/mol. The zero-order valence-electron chi connectivity index (χ0n) is 12.4. The number of halogens is 1. The van der Waals surface area contributed by atoms with E-state index in [9.17, 15) is 14.7 Å². The molecule has 0 fully saturated rings. The molecular weight excluding hydrogens is 342 g/mol. The van der Waals surface area contributed by atoms with Crippen LogP contribution in [-0.2, 0) is 16.1 Å². The first-order valence-electron chi connectivity index (χ1n) is 6.59. The van der Waals surface area contributed by atoms with E-state index in [2.05, 4.69) is 31.1 Å². The van der Waals surface area contributed by atoms with E-state index in [0.717, 1.165) is 11.1 Å². The van der Waals surface area contributed by atoms with Crippen LogP contribution in [0.4, 0.5) is 5.69 Å². The fourth-order valence-corrected chi connectivity index (χ4v) is 2.25. The third kappa shape index (κ3) is 5.13. The molecule has 0 aromatic carbocycles. The van der Waals surface area contributed by atoms with Gasteiger partial charge in [0.05, 0.1) is 24.6 Å². The van der Waals surface area contributed by atoms with E-state index in [1.165, 1.54) is 13.3 Å². The second kappa shape index (κ2) is 7.56. The number of aliphatic hydroxyl groups is 1. The molecule has 21 heavy (non-hydrogen) atoms. The van der Waals surface area contributed by atoms with E-state index >= 15 is 0 Å². The van der Waals surface area contributed by atoms with E-state index in [0.29, 0.717) is 18.7 Å². The average Bonchev–Trinajstić information content (AvgIpc) is 2.42. The van der Waals surface area contributed by atoms with Gasteiger partial charge in [-0.15, -0.1) is 0 Å². The van der Waals surface area contributed by atoms with Gasteiger partial charge in [-0.2, -0.15) is 5.10 Å². The van der Waals surface area contributed by atoms with Gasteiger partial charge in [-0.1, -0.05) is 13.3 Å². The maximum atomic E-state index is 12.0. The summed E-state index contributed by atoms with van der Waals surface area (Å²) in [5, 5.41) is 17.0. The molecule has 0 saturated carbocycles. The summed E-state index contributed by atoms with van der Waals surface area (Å²) in [4.78, 5) is 23.2. The number of methoxy groups -OCH3 is 1. The van der Waals surface area contributed by atoms with Gasteiger partial charge in [0, 0.05) is 6.54 Å². The Morgan fingerprint density at radius 1 is 1.62 bits per heavy atom. The molecule has 118 valence electrons. The van der Waals surface area contributed by atoms with Gasteiger partial charge in [-0.05, 0) is 29.3 Å². The molecular formula is C13H20BrN3O4. The van der Waals surface area contributed by atoms with Crippen LogP contribution in [0.3, 0.4) is 0 Å². The number of carbonyl (C=O) groups is 1. The van der Waals surface area contributed by atoms with Crippen molar-refractivity contribution in [2.45, 2.75) is 38.8 Å². The molecule has 1 rings (SSSR count). The maximum absolute atomic E-state index is 12.0. The van der Waals surface area contributed by atoms with Crippen LogP contribution in [0, 0.1) is 0 Å². The zero-order chi connectivity index (χ0) is 16.0. The predicted molar refractivity (Wildman–Crippen MR) is 82.2 cm³/mol. The first kappa shape index (κ1) is 17.6. The van der Waals surface area contributed by atoms with Crippen molar-refractivity contribution < 1.29 is 14.6 Å². The minimum absolute atomic E-state index is 0.248. The highest BCUT2D eigenvalue weighted by molar-refractivity contribution is 9.10. The molecule has 0 aliphatic heterocycles. The molecule has 2 N–H and O–H groups in total. The Hall–Kier alpha value is -1.41. The fraction of sp³-hybridized carbons (Fsp3) is 0.615. The number of hydrogen-bond donors (Lipinski definition) is 2. The topological polar surface area (TPSA) is 93.5 Å². The Kier molecular flexibility index (Phi) is 6.35. The Morgan fingerprint density at radius 2 is 2.29 bits per heavy atom. The van der Waals surface area contributed by atoms with Crippen LogP contribution >= 0.6 is 15.9 Å². The van der Waals surface area contributed by atoms with Crippen LogP contribution in [0.2, 0.25) is 0 Å². The van der Waals surface area contributed by atoms with Gasteiger partial charge in [-0.3, -0.25) is 9.59 Å². The smallest absolute Gasteiger partial charge is 0.327 e. The quantitative estimate of drug-likeness (QED) is 0.707. The highest BCUT2D eigenvalue weighted by Gasteiger charge is 2.20. The van der Waals surface area contributed by atoms with Gasteiger partial charge in [0.15, 0.2) is 0 Å². The number of esters is 1. The van der Waals surface area contributed by atoms with Crippen molar-refractivity contribution in [3.05, 3.63) is 21.0 Å². The number of ether oxygens (including phenoxy) is 1. The van der Waals surface area contributed by atoms with Gasteiger partial charge in [0.2, 0.25) is 0 Å². The first-order valence-corrected chi connectivity index (χ1v) is 7.38. The minimum atomic E-state index is -0.866. The minimum Gasteiger partial charge on any atom is -0.468 e. The van der Waals surface area contributed by atoms with E-state index in [1.807, 2.05) is 6.92 Å². The second-order valence-corrected chi connectivity index (χ2v) is 5.80. The maximum Gasteiger partial charge on any atom is 0.327 e. The average molecular weight is 362 g/mol. The van der Waals surface area contributed by atoms with Crippen LogP contribution in [0.5, 0.6) is 0 Å². The molecule has 1 aromatic rings. The first-order chi connectivity index (χ1) is 9.80. The molecule has 8 heteroatoms. The Balaban J connectivity index is 2.85. The third-order valence-corrected chi connectivity index (χ3v) is 3.71. The molecule has 1 aromatic heterocycles. The van der Waals surface area contributed by atoms with Crippen molar-refractivity contribution in [1.82, 2.24) is 9.78 Å². The Labute approximate surface area is 131 Å². The number of anilines is 1. The predicted octanol–water partition coefficient (Wildman–Crippen LogP) is 1.14. The highest BCUT2D eigenvalue weighted by atomic mass is 79.9. The molecule has 0 amide bonds. The van der Waals surface area contributed by atoms with E-state index in [-0.39, 0.29) is 11.0 Å². The number of aromatic nitrogens is 2. The van der Waals surface area contributed by atoms with Crippen molar-refractivity contribution in [1.29, 1.82) is 0 Å². The molecule has 0 radical (unpaired) electrons. The summed E-state index contributed by atoms with van der Waals surface area (Å²) in [6.45, 7) is 3.76. The van der Waals surface area contributed by atoms with Crippen molar-refractivity contribution in [2.24, 2.45) is 0 Å². The van der Waals surface area contributed by atoms with Gasteiger partial charge in [0.25, 0.3) is 5.56 Å². The van der Waals surface area contributed by atoms with Crippen molar-refractivity contribution in [3.63, 3.8) is 0 Å². The largest absolute Gasteiger partial charge is 0.468 e. The summed E-state index contributed by atoms with van der Waals surface area (Å²) < 4.78 is 5.76. The lowest BCUT2D eigenvalue weighted by atomic mass is 10.0. The number of nitrogens with zero attached hydrogens (tertiary/aromatic N) is 2. The Bertz CT molecular complexity index is 557. The normalized spacial score (nSPS) is 13.6. The zero-order valence-corrected chi connectivity index (χ0v) is 13.9. The number of rotatable bonds is 7. The van der Waals surface area contributed by atoms with E-state index < -0.39 is 17.1 Å². The summed E-state index contributed by atoms with van der Waals surface area (Å²) in [6, 6.07) is 0. The van der Waals surface area contributed by atoms with Gasteiger partial charge in [-0.25, -0.2) is 4.68 Å². The fourth-order valence-electron chi connectivity index (χ4n) is 1.80. The summed E-state index contributed by atoms with van der Waals surface area (Å²) in [6.07, 6.45) is 2.93. The summed E-state index contributed by atoms with van der Waals surface area (Å²) in [5.41, 5.74) is -0.840.